The molecule has 45 heavy (non-hydrogen) atoms. The van der Waals surface area contributed by atoms with Crippen LogP contribution in [-0.4, -0.2) is 108 Å². The molecule has 2 saturated heterocycles. The molecule has 0 aliphatic carbocycles. The van der Waals surface area contributed by atoms with Gasteiger partial charge in [-0.3, -0.25) is 14.4 Å². The van der Waals surface area contributed by atoms with Crippen molar-refractivity contribution in [3.05, 3.63) is 48.0 Å². The van der Waals surface area contributed by atoms with E-state index >= 15 is 0 Å². The molecule has 6 N–H and O–H groups in total. The summed E-state index contributed by atoms with van der Waals surface area (Å²) in [6.07, 6.45) is -11.1. The molecule has 246 valence electrons. The van der Waals surface area contributed by atoms with Gasteiger partial charge in [0.15, 0.2) is 6.10 Å². The SMILES string of the molecule is C=C(CCC12OC(C(=O)O)C(O)(C(=O)O)C(C(=O)O)(O1)[C@H](OC(=O)CCC(=O)O)[C@H]2O)[C@@H](OC(C)=O)[C@H](C)Cc1ccccc1. The Kier molecular flexibility index (Phi) is 10.4. The maximum atomic E-state index is 12.7. The second kappa shape index (κ2) is 13.3. The number of carbonyl (C=O) groups is 6. The number of fused-ring (bicyclic) bond motifs is 2. The smallest absolute Gasteiger partial charge is 0.344 e. The summed E-state index contributed by atoms with van der Waals surface area (Å²) in [5.74, 6) is -13.6. The van der Waals surface area contributed by atoms with E-state index in [9.17, 15) is 54.3 Å². The van der Waals surface area contributed by atoms with Crippen LogP contribution in [0.25, 0.3) is 0 Å². The molecule has 2 aliphatic heterocycles. The van der Waals surface area contributed by atoms with E-state index in [0.29, 0.717) is 6.42 Å². The van der Waals surface area contributed by atoms with Gasteiger partial charge in [-0.05, 0) is 24.0 Å². The zero-order valence-corrected chi connectivity index (χ0v) is 24.3. The number of aliphatic carboxylic acids is 4. The fourth-order valence-electron chi connectivity index (χ4n) is 5.71. The lowest BCUT2D eigenvalue weighted by molar-refractivity contribution is -0.374. The van der Waals surface area contributed by atoms with E-state index < -0.39 is 96.5 Å². The summed E-state index contributed by atoms with van der Waals surface area (Å²) in [5, 5.41) is 61.4. The predicted molar refractivity (Wildman–Crippen MR) is 145 cm³/mol. The van der Waals surface area contributed by atoms with Crippen molar-refractivity contribution in [3.63, 3.8) is 0 Å². The fourth-order valence-corrected chi connectivity index (χ4v) is 5.71. The summed E-state index contributed by atoms with van der Waals surface area (Å²) in [7, 11) is 0. The van der Waals surface area contributed by atoms with Gasteiger partial charge in [-0.15, -0.1) is 0 Å². The molecule has 0 saturated carbocycles. The Morgan fingerprint density at radius 2 is 1.60 bits per heavy atom. The van der Waals surface area contributed by atoms with Crippen LogP contribution in [-0.2, 0) is 54.1 Å². The molecule has 2 fully saturated rings. The van der Waals surface area contributed by atoms with E-state index in [-0.39, 0.29) is 17.9 Å². The number of carboxylic acids is 4. The summed E-state index contributed by atoms with van der Waals surface area (Å²) in [6, 6.07) is 9.14. The molecule has 1 aromatic carbocycles. The van der Waals surface area contributed by atoms with Crippen LogP contribution in [0.5, 0.6) is 0 Å². The van der Waals surface area contributed by atoms with E-state index in [1.807, 2.05) is 30.3 Å². The molecule has 0 amide bonds. The zero-order chi connectivity index (χ0) is 33.9. The summed E-state index contributed by atoms with van der Waals surface area (Å²) in [6.45, 7) is 6.87. The number of rotatable bonds is 15. The number of esters is 2. The Bertz CT molecular complexity index is 1360. The number of benzene rings is 1. The Balaban J connectivity index is 2.03. The van der Waals surface area contributed by atoms with Crippen molar-refractivity contribution < 1.29 is 78.4 Å². The zero-order valence-electron chi connectivity index (χ0n) is 24.3. The van der Waals surface area contributed by atoms with Gasteiger partial charge in [0.2, 0.25) is 23.1 Å². The number of ether oxygens (including phenoxy) is 4. The van der Waals surface area contributed by atoms with Crippen LogP contribution < -0.4 is 0 Å². The van der Waals surface area contributed by atoms with E-state index in [2.05, 4.69) is 6.58 Å². The van der Waals surface area contributed by atoms with E-state index in [1.54, 1.807) is 6.92 Å². The van der Waals surface area contributed by atoms with Gasteiger partial charge in [0.25, 0.3) is 0 Å². The highest BCUT2D eigenvalue weighted by Crippen LogP contribution is 2.56. The van der Waals surface area contributed by atoms with Crippen LogP contribution in [0.15, 0.2) is 42.5 Å². The Morgan fingerprint density at radius 3 is 2.11 bits per heavy atom. The molecule has 0 spiro atoms. The summed E-state index contributed by atoms with van der Waals surface area (Å²) >= 11 is 0. The molecule has 4 unspecified atom stereocenters. The summed E-state index contributed by atoms with van der Waals surface area (Å²) in [5.41, 5.74) is -6.55. The quantitative estimate of drug-likeness (QED) is 0.110. The molecule has 0 radical (unpaired) electrons. The van der Waals surface area contributed by atoms with Gasteiger partial charge in [0, 0.05) is 19.3 Å². The topological polar surface area (TPSA) is 261 Å². The Morgan fingerprint density at radius 1 is 0.978 bits per heavy atom. The third kappa shape index (κ3) is 6.54. The van der Waals surface area contributed by atoms with Crippen LogP contribution in [0.2, 0.25) is 0 Å². The molecule has 2 bridgehead atoms. The number of aliphatic hydroxyl groups is 2. The molecular weight excluding hydrogens is 604 g/mol. The number of hydrogen-bond acceptors (Lipinski definition) is 12. The van der Waals surface area contributed by atoms with Crippen LogP contribution in [0.3, 0.4) is 0 Å². The third-order valence-corrected chi connectivity index (χ3v) is 7.81. The van der Waals surface area contributed by atoms with Crippen molar-refractivity contribution in [2.75, 3.05) is 0 Å². The number of carbonyl (C=O) groups excluding carboxylic acids is 2. The van der Waals surface area contributed by atoms with E-state index in [4.69, 9.17) is 24.1 Å². The first kappa shape index (κ1) is 35.1. The first-order valence-corrected chi connectivity index (χ1v) is 13.7. The molecule has 2 heterocycles. The largest absolute Gasteiger partial charge is 0.481 e. The number of hydrogen-bond donors (Lipinski definition) is 6. The van der Waals surface area contributed by atoms with Gasteiger partial charge >= 0.3 is 35.8 Å². The first-order valence-electron chi connectivity index (χ1n) is 13.7. The van der Waals surface area contributed by atoms with Gasteiger partial charge in [-0.25, -0.2) is 14.4 Å². The van der Waals surface area contributed by atoms with Gasteiger partial charge in [0.1, 0.15) is 12.2 Å². The highest BCUT2D eigenvalue weighted by Gasteiger charge is 2.85. The fraction of sp³-hybridized carbons (Fsp3) is 0.517. The van der Waals surface area contributed by atoms with Crippen molar-refractivity contribution in [1.82, 2.24) is 0 Å². The minimum Gasteiger partial charge on any atom is -0.481 e. The van der Waals surface area contributed by atoms with Crippen molar-refractivity contribution in [3.8, 4) is 0 Å². The van der Waals surface area contributed by atoms with Crippen molar-refractivity contribution in [1.29, 1.82) is 0 Å². The van der Waals surface area contributed by atoms with Gasteiger partial charge < -0.3 is 49.6 Å². The normalized spacial score (nSPS) is 30.0. The van der Waals surface area contributed by atoms with Gasteiger partial charge in [0.05, 0.1) is 12.8 Å². The molecule has 16 heteroatoms. The van der Waals surface area contributed by atoms with Crippen LogP contribution in [0, 0.1) is 5.92 Å². The van der Waals surface area contributed by atoms with Gasteiger partial charge in [-0.1, -0.05) is 43.8 Å². The number of aliphatic hydroxyl groups excluding tert-OH is 1. The lowest BCUT2D eigenvalue weighted by Gasteiger charge is -2.48. The third-order valence-electron chi connectivity index (χ3n) is 7.81. The summed E-state index contributed by atoms with van der Waals surface area (Å²) < 4.78 is 21.4. The molecular formula is C29H34O16. The summed E-state index contributed by atoms with van der Waals surface area (Å²) in [4.78, 5) is 72.7. The predicted octanol–water partition coefficient (Wildman–Crippen LogP) is 0.120. The molecule has 16 nitrogen and oxygen atoms in total. The number of carboxylic acid groups (broad SMARTS) is 4. The average molecular weight is 639 g/mol. The van der Waals surface area contributed by atoms with Crippen LogP contribution in [0.1, 0.15) is 45.1 Å². The lowest BCUT2D eigenvalue weighted by atomic mass is 9.74. The minimum atomic E-state index is -3.98. The molecule has 0 aromatic heterocycles. The minimum absolute atomic E-state index is 0.191. The molecule has 2 aliphatic rings. The highest BCUT2D eigenvalue weighted by molar-refractivity contribution is 5.98. The average Bonchev–Trinajstić information content (AvgIpc) is 3.17. The molecule has 8 atom stereocenters. The van der Waals surface area contributed by atoms with Crippen molar-refractivity contribution >= 4 is 35.8 Å². The second-order valence-electron chi connectivity index (χ2n) is 11.0. The first-order chi connectivity index (χ1) is 20.9. The van der Waals surface area contributed by atoms with E-state index in [0.717, 1.165) is 12.5 Å². The second-order valence-corrected chi connectivity index (χ2v) is 11.0. The van der Waals surface area contributed by atoms with Crippen LogP contribution >= 0.6 is 0 Å². The highest BCUT2D eigenvalue weighted by atomic mass is 16.8. The van der Waals surface area contributed by atoms with Crippen molar-refractivity contribution in [2.24, 2.45) is 5.92 Å². The maximum Gasteiger partial charge on any atom is 0.344 e. The maximum absolute atomic E-state index is 12.7. The van der Waals surface area contributed by atoms with Crippen molar-refractivity contribution in [2.45, 2.75) is 87.4 Å². The Labute approximate surface area is 255 Å². The van der Waals surface area contributed by atoms with E-state index in [1.165, 1.54) is 0 Å². The monoisotopic (exact) mass is 638 g/mol. The molecule has 1 aromatic rings. The standard InChI is InChI=1S/C29H34O16/c1-14(20(42-16(3)30)15(2)13-17-7-5-4-6-8-17)11-12-27-21(34)22(43-19(33)10-9-18(31)32)29(45-27,26(39)40)28(41,25(37)38)23(44-27)24(35)36/h4-8,15,20-23,34,41H,1,9-13H2,2-3H3,(H,31,32)(H,35,36)(H,37,38)(H,39,40)/t15-,20-,21-,22-,23?,27?,28?,29?/m1/s1. The lowest BCUT2D eigenvalue weighted by Crippen LogP contribution is -2.78. The van der Waals surface area contributed by atoms with Gasteiger partial charge in [-0.2, -0.15) is 0 Å². The van der Waals surface area contributed by atoms with Crippen LogP contribution in [0.4, 0.5) is 0 Å². The molecule has 3 rings (SSSR count). The Hall–Kier alpha value is -4.38.